The van der Waals surface area contributed by atoms with E-state index in [9.17, 15) is 4.79 Å². The number of fused-ring (bicyclic) bond motifs is 1. The molecule has 1 aliphatic rings. The van der Waals surface area contributed by atoms with Gasteiger partial charge < -0.3 is 9.80 Å². The fourth-order valence-corrected chi connectivity index (χ4v) is 3.64. The number of amides is 1. The molecule has 0 unspecified atom stereocenters. The van der Waals surface area contributed by atoms with Crippen molar-refractivity contribution in [1.82, 2.24) is 34.9 Å². The molecule has 0 N–H and O–H groups in total. The minimum Gasteiger partial charge on any atom is -0.361 e. The maximum Gasteiger partial charge on any atom is 0.274 e. The molecule has 0 atom stereocenters. The first-order chi connectivity index (χ1) is 14.2. The number of hydrogen-bond donors (Lipinski definition) is 0. The molecule has 1 amide bonds. The summed E-state index contributed by atoms with van der Waals surface area (Å²) in [6.45, 7) is 7.72. The summed E-state index contributed by atoms with van der Waals surface area (Å²) in [5.74, 6) is 1.74. The molecule has 158 valence electrons. The van der Waals surface area contributed by atoms with Crippen molar-refractivity contribution in [2.45, 2.75) is 44.9 Å². The normalized spacial score (nSPS) is 15.6. The van der Waals surface area contributed by atoms with Crippen molar-refractivity contribution in [3.8, 4) is 0 Å². The summed E-state index contributed by atoms with van der Waals surface area (Å²) >= 11 is 0. The molecule has 30 heavy (non-hydrogen) atoms. The van der Waals surface area contributed by atoms with Gasteiger partial charge in [-0.3, -0.25) is 4.79 Å². The zero-order valence-electron chi connectivity index (χ0n) is 18.2. The third-order valence-corrected chi connectivity index (χ3v) is 5.53. The highest BCUT2D eigenvalue weighted by molar-refractivity contribution is 5.92. The molecule has 3 aromatic rings. The van der Waals surface area contributed by atoms with Crippen LogP contribution in [-0.2, 0) is 5.41 Å². The van der Waals surface area contributed by atoms with Crippen molar-refractivity contribution in [1.29, 1.82) is 0 Å². The Morgan fingerprint density at radius 1 is 1.00 bits per heavy atom. The van der Waals surface area contributed by atoms with Crippen LogP contribution in [0.1, 0.15) is 61.5 Å². The molecule has 0 aliphatic carbocycles. The molecule has 4 rings (SSSR count). The van der Waals surface area contributed by atoms with Crippen LogP contribution in [0, 0.1) is 0 Å². The minimum absolute atomic E-state index is 0.0469. The van der Waals surface area contributed by atoms with E-state index in [-0.39, 0.29) is 17.2 Å². The quantitative estimate of drug-likeness (QED) is 0.656. The van der Waals surface area contributed by atoms with Gasteiger partial charge in [0, 0.05) is 38.5 Å². The molecular formula is C21H28N8O. The van der Waals surface area contributed by atoms with Crippen LogP contribution >= 0.6 is 0 Å². The van der Waals surface area contributed by atoms with E-state index in [1.165, 1.54) is 0 Å². The second-order valence-corrected chi connectivity index (χ2v) is 9.03. The molecule has 4 heterocycles. The predicted molar refractivity (Wildman–Crippen MR) is 114 cm³/mol. The first-order valence-electron chi connectivity index (χ1n) is 10.3. The Hall–Kier alpha value is -3.10. The van der Waals surface area contributed by atoms with Gasteiger partial charge >= 0.3 is 0 Å². The summed E-state index contributed by atoms with van der Waals surface area (Å²) in [4.78, 5) is 16.5. The van der Waals surface area contributed by atoms with Gasteiger partial charge in [-0.25, -0.2) is 0 Å². The topological polar surface area (TPSA) is 92.4 Å². The average Bonchev–Trinajstić information content (AvgIpc) is 3.16. The SMILES string of the molecule is CN(C)c1ccc(C(=O)N2CCC(c3nnc4ccc(C(C)(C)C)nn34)CC2)nn1. The molecule has 1 fully saturated rings. The van der Waals surface area contributed by atoms with Crippen molar-refractivity contribution in [3.05, 3.63) is 41.5 Å². The first-order valence-corrected chi connectivity index (χ1v) is 10.3. The lowest BCUT2D eigenvalue weighted by Crippen LogP contribution is -2.38. The number of carbonyl (C=O) groups is 1. The van der Waals surface area contributed by atoms with Crippen LogP contribution in [0.3, 0.4) is 0 Å². The number of nitrogens with zero attached hydrogens (tertiary/aromatic N) is 8. The molecule has 0 spiro atoms. The number of aromatic nitrogens is 6. The van der Waals surface area contributed by atoms with Crippen molar-refractivity contribution in [2.24, 2.45) is 0 Å². The van der Waals surface area contributed by atoms with Gasteiger partial charge in [-0.2, -0.15) is 9.61 Å². The summed E-state index contributed by atoms with van der Waals surface area (Å²) in [5.41, 5.74) is 2.09. The highest BCUT2D eigenvalue weighted by Crippen LogP contribution is 2.28. The molecule has 0 saturated carbocycles. The number of anilines is 1. The Bertz CT molecular complexity index is 1040. The Morgan fingerprint density at radius 2 is 1.73 bits per heavy atom. The average molecular weight is 409 g/mol. The van der Waals surface area contributed by atoms with Gasteiger partial charge in [0.15, 0.2) is 23.0 Å². The van der Waals surface area contributed by atoms with Crippen LogP contribution in [0.2, 0.25) is 0 Å². The third kappa shape index (κ3) is 3.83. The van der Waals surface area contributed by atoms with Crippen molar-refractivity contribution >= 4 is 17.4 Å². The second kappa shape index (κ2) is 7.62. The smallest absolute Gasteiger partial charge is 0.274 e. The van der Waals surface area contributed by atoms with E-state index in [2.05, 4.69) is 41.2 Å². The highest BCUT2D eigenvalue weighted by atomic mass is 16.2. The van der Waals surface area contributed by atoms with E-state index >= 15 is 0 Å². The van der Waals surface area contributed by atoms with E-state index < -0.39 is 0 Å². The standard InChI is InChI=1S/C21H28N8O/c1-21(2,3)16-7-9-18-24-25-19(29(18)26-16)14-10-12-28(13-11-14)20(30)15-6-8-17(23-22-15)27(4)5/h6-9,14H,10-13H2,1-5H3. The van der Waals surface area contributed by atoms with Gasteiger partial charge in [-0.1, -0.05) is 20.8 Å². The largest absolute Gasteiger partial charge is 0.361 e. The predicted octanol–water partition coefficient (Wildman–Crippen LogP) is 2.30. The van der Waals surface area contributed by atoms with Gasteiger partial charge in [-0.15, -0.1) is 20.4 Å². The van der Waals surface area contributed by atoms with Gasteiger partial charge in [0.25, 0.3) is 5.91 Å². The number of likely N-dealkylation sites (tertiary alicyclic amines) is 1. The maximum atomic E-state index is 12.8. The van der Waals surface area contributed by atoms with Crippen molar-refractivity contribution in [3.63, 3.8) is 0 Å². The highest BCUT2D eigenvalue weighted by Gasteiger charge is 2.29. The van der Waals surface area contributed by atoms with Gasteiger partial charge in [-0.05, 0) is 37.1 Å². The minimum atomic E-state index is -0.0782. The maximum absolute atomic E-state index is 12.8. The van der Waals surface area contributed by atoms with Gasteiger partial charge in [0.05, 0.1) is 5.69 Å². The molecule has 0 aromatic carbocycles. The Labute approximate surface area is 176 Å². The number of piperidine rings is 1. The van der Waals surface area contributed by atoms with Crippen molar-refractivity contribution < 1.29 is 4.79 Å². The fourth-order valence-electron chi connectivity index (χ4n) is 3.64. The summed E-state index contributed by atoms with van der Waals surface area (Å²) in [7, 11) is 3.79. The Morgan fingerprint density at radius 3 is 2.33 bits per heavy atom. The van der Waals surface area contributed by atoms with Crippen LogP contribution in [0.4, 0.5) is 5.82 Å². The number of carbonyl (C=O) groups excluding carboxylic acids is 1. The van der Waals surface area contributed by atoms with Crippen LogP contribution in [0.5, 0.6) is 0 Å². The monoisotopic (exact) mass is 408 g/mol. The molecule has 9 heteroatoms. The Balaban J connectivity index is 1.47. The van der Waals surface area contributed by atoms with Crippen LogP contribution in [-0.4, -0.2) is 68.0 Å². The number of rotatable bonds is 3. The zero-order chi connectivity index (χ0) is 21.5. The lowest BCUT2D eigenvalue weighted by molar-refractivity contribution is 0.0703. The summed E-state index contributed by atoms with van der Waals surface area (Å²) < 4.78 is 1.87. The lowest BCUT2D eigenvalue weighted by atomic mass is 9.92. The van der Waals surface area contributed by atoms with E-state index in [1.807, 2.05) is 46.6 Å². The van der Waals surface area contributed by atoms with Crippen molar-refractivity contribution in [2.75, 3.05) is 32.1 Å². The first kappa shape index (κ1) is 20.2. The molecule has 9 nitrogen and oxygen atoms in total. The van der Waals surface area contributed by atoms with E-state index in [0.29, 0.717) is 18.8 Å². The van der Waals surface area contributed by atoms with E-state index in [1.54, 1.807) is 6.07 Å². The van der Waals surface area contributed by atoms with Gasteiger partial charge in [0.1, 0.15) is 0 Å². The van der Waals surface area contributed by atoms with Crippen LogP contribution < -0.4 is 4.90 Å². The van der Waals surface area contributed by atoms with Gasteiger partial charge in [0.2, 0.25) is 0 Å². The third-order valence-electron chi connectivity index (χ3n) is 5.53. The molecule has 3 aromatic heterocycles. The fraction of sp³-hybridized carbons (Fsp3) is 0.524. The number of hydrogen-bond acceptors (Lipinski definition) is 7. The summed E-state index contributed by atoms with van der Waals surface area (Å²) in [6.07, 6.45) is 1.63. The van der Waals surface area contributed by atoms with E-state index in [0.717, 1.165) is 35.8 Å². The van der Waals surface area contributed by atoms with E-state index in [4.69, 9.17) is 5.10 Å². The molecule has 0 bridgehead atoms. The molecule has 1 aliphatic heterocycles. The second-order valence-electron chi connectivity index (χ2n) is 9.03. The molecule has 0 radical (unpaired) electrons. The summed E-state index contributed by atoms with van der Waals surface area (Å²) in [5, 5.41) is 21.7. The van der Waals surface area contributed by atoms with Crippen LogP contribution in [0.15, 0.2) is 24.3 Å². The van der Waals surface area contributed by atoms with Crippen LogP contribution in [0.25, 0.3) is 5.65 Å². The molecular weight excluding hydrogens is 380 g/mol. The zero-order valence-corrected chi connectivity index (χ0v) is 18.2. The Kier molecular flexibility index (Phi) is 5.13. The molecule has 1 saturated heterocycles. The summed E-state index contributed by atoms with van der Waals surface area (Å²) in [6, 6.07) is 7.53. The lowest BCUT2D eigenvalue weighted by Gasteiger charge is -2.30.